The molecule has 0 atom stereocenters. The Morgan fingerprint density at radius 3 is 2.00 bits per heavy atom. The lowest BCUT2D eigenvalue weighted by atomic mass is 10.7. The molecule has 0 aromatic heterocycles. The lowest BCUT2D eigenvalue weighted by molar-refractivity contribution is -0.297. The Hall–Kier alpha value is -0.830. The van der Waals surface area contributed by atoms with E-state index in [2.05, 4.69) is 6.58 Å². The highest BCUT2D eigenvalue weighted by atomic mass is 16.4. The predicted octanol–water partition coefficient (Wildman–Crippen LogP) is -1.90. The van der Waals surface area contributed by atoms with Crippen molar-refractivity contribution in [3.63, 3.8) is 0 Å². The van der Waals surface area contributed by atoms with Crippen molar-refractivity contribution in [3.05, 3.63) is 12.7 Å². The lowest BCUT2D eigenvalue weighted by Gasteiger charge is -1.81. The van der Waals surface area contributed by atoms with Gasteiger partial charge in [0.2, 0.25) is 0 Å². The van der Waals surface area contributed by atoms with Gasteiger partial charge in [0, 0.05) is 0 Å². The lowest BCUT2D eigenvalue weighted by Crippen LogP contribution is -2.17. The molecule has 0 bridgehead atoms. The Balaban J connectivity index is 0. The summed E-state index contributed by atoms with van der Waals surface area (Å²) in [5, 5.41) is 9.14. The van der Waals surface area contributed by atoms with Crippen LogP contribution in [0.15, 0.2) is 12.7 Å². The topological polar surface area (TPSA) is 71.6 Å². The molecule has 2 N–H and O–H groups in total. The molecule has 0 radical (unpaired) electrons. The number of rotatable bonds is 1. The first-order chi connectivity index (χ1) is 2.27. The van der Waals surface area contributed by atoms with Crippen LogP contribution in [0.25, 0.3) is 0 Å². The van der Waals surface area contributed by atoms with Crippen LogP contribution in [0.3, 0.4) is 0 Å². The zero-order valence-corrected chi connectivity index (χ0v) is 3.10. The van der Waals surface area contributed by atoms with Crippen molar-refractivity contribution in [2.24, 2.45) is 0 Å². The van der Waals surface area contributed by atoms with Gasteiger partial charge < -0.3 is 15.4 Å². The molecule has 0 aliphatic heterocycles. The summed E-state index contributed by atoms with van der Waals surface area (Å²) in [5.41, 5.74) is 0. The van der Waals surface area contributed by atoms with E-state index in [0.717, 1.165) is 6.08 Å². The van der Waals surface area contributed by atoms with Gasteiger partial charge in [0.1, 0.15) is 0 Å². The maximum atomic E-state index is 9.14. The monoisotopic (exact) mass is 89.0 g/mol. The molecule has 0 spiro atoms. The van der Waals surface area contributed by atoms with Gasteiger partial charge in [-0.3, -0.25) is 0 Å². The van der Waals surface area contributed by atoms with E-state index in [1.807, 2.05) is 0 Å². The third-order valence-electron chi connectivity index (χ3n) is 0.167. The third-order valence-corrected chi connectivity index (χ3v) is 0.167. The molecule has 0 aromatic rings. The zero-order chi connectivity index (χ0) is 4.28. The minimum Gasteiger partial charge on any atom is -0.545 e. The summed E-state index contributed by atoms with van der Waals surface area (Å²) >= 11 is 0. The number of carbonyl (C=O) groups is 1. The molecule has 0 aliphatic rings. The Labute approximate surface area is 35.2 Å². The molecule has 0 aromatic carbocycles. The van der Waals surface area contributed by atoms with Crippen molar-refractivity contribution in [1.82, 2.24) is 0 Å². The normalized spacial score (nSPS) is 5.33. The van der Waals surface area contributed by atoms with Crippen LogP contribution in [0.1, 0.15) is 0 Å². The molecule has 6 heavy (non-hydrogen) atoms. The molecule has 0 unspecified atom stereocenters. The molecule has 0 saturated heterocycles. The van der Waals surface area contributed by atoms with Gasteiger partial charge in [-0.25, -0.2) is 0 Å². The average molecular weight is 89.1 g/mol. The molecule has 0 amide bonds. The van der Waals surface area contributed by atoms with Gasteiger partial charge in [-0.05, 0) is 6.08 Å². The summed E-state index contributed by atoms with van der Waals surface area (Å²) in [6, 6.07) is 0. The molecular weight excluding hydrogens is 84.0 g/mol. The van der Waals surface area contributed by atoms with Crippen molar-refractivity contribution in [2.75, 3.05) is 0 Å². The summed E-state index contributed by atoms with van der Waals surface area (Å²) in [7, 11) is 0. The van der Waals surface area contributed by atoms with E-state index in [4.69, 9.17) is 9.90 Å². The van der Waals surface area contributed by atoms with Crippen LogP contribution in [0, 0.1) is 0 Å². The number of carboxylic acid groups (broad SMARTS) is 1. The highest BCUT2D eigenvalue weighted by molar-refractivity contribution is 5.76. The molecule has 0 saturated carbocycles. The number of carboxylic acids is 1. The summed E-state index contributed by atoms with van der Waals surface area (Å²) < 4.78 is 0. The van der Waals surface area contributed by atoms with Crippen molar-refractivity contribution in [3.8, 4) is 0 Å². The highest BCUT2D eigenvalue weighted by Crippen LogP contribution is 1.47. The first-order valence-electron chi connectivity index (χ1n) is 1.11. The summed E-state index contributed by atoms with van der Waals surface area (Å²) in [6.07, 6.45) is 0.722. The van der Waals surface area contributed by atoms with E-state index in [1.54, 1.807) is 0 Å². The largest absolute Gasteiger partial charge is 0.545 e. The minimum absolute atomic E-state index is 0. The van der Waals surface area contributed by atoms with Gasteiger partial charge in [0.15, 0.2) is 0 Å². The zero-order valence-electron chi connectivity index (χ0n) is 3.10. The molecule has 0 rings (SSSR count). The molecule has 3 heteroatoms. The quantitative estimate of drug-likeness (QED) is 0.352. The standard InChI is InChI=1S/C3H4O2.H2O/c1-2-3(4)5;/h2H,1H2,(H,4,5);1H2/p-1. The maximum Gasteiger partial charge on any atom is 0.0636 e. The van der Waals surface area contributed by atoms with Gasteiger partial charge >= 0.3 is 0 Å². The maximum absolute atomic E-state index is 9.14. The third kappa shape index (κ3) is 10.9. The molecular formula is C3H5O3-. The smallest absolute Gasteiger partial charge is 0.0636 e. The predicted molar refractivity (Wildman–Crippen MR) is 18.8 cm³/mol. The number of hydrogen-bond donors (Lipinski definition) is 0. The molecule has 0 heterocycles. The van der Waals surface area contributed by atoms with Crippen molar-refractivity contribution >= 4 is 5.97 Å². The van der Waals surface area contributed by atoms with Crippen LogP contribution in [-0.2, 0) is 4.79 Å². The Morgan fingerprint density at radius 1 is 1.83 bits per heavy atom. The van der Waals surface area contributed by atoms with Crippen LogP contribution >= 0.6 is 0 Å². The highest BCUT2D eigenvalue weighted by Gasteiger charge is 1.55. The van der Waals surface area contributed by atoms with Crippen molar-refractivity contribution in [2.45, 2.75) is 0 Å². The first-order valence-corrected chi connectivity index (χ1v) is 1.11. The van der Waals surface area contributed by atoms with Crippen LogP contribution < -0.4 is 5.11 Å². The van der Waals surface area contributed by atoms with Crippen LogP contribution in [0.4, 0.5) is 0 Å². The Morgan fingerprint density at radius 2 is 2.00 bits per heavy atom. The van der Waals surface area contributed by atoms with E-state index < -0.39 is 5.97 Å². The summed E-state index contributed by atoms with van der Waals surface area (Å²) in [4.78, 5) is 9.14. The van der Waals surface area contributed by atoms with Gasteiger partial charge in [0.25, 0.3) is 0 Å². The molecule has 3 nitrogen and oxygen atoms in total. The first kappa shape index (κ1) is 8.95. The number of hydrogen-bond acceptors (Lipinski definition) is 2. The minimum atomic E-state index is -1.23. The number of carbonyl (C=O) groups excluding carboxylic acids is 1. The fourth-order valence-electron chi connectivity index (χ4n) is 0. The fraction of sp³-hybridized carbons (Fsp3) is 0. The van der Waals surface area contributed by atoms with Crippen LogP contribution in [0.5, 0.6) is 0 Å². The summed E-state index contributed by atoms with van der Waals surface area (Å²) in [5.74, 6) is -1.23. The van der Waals surface area contributed by atoms with Crippen molar-refractivity contribution < 1.29 is 15.4 Å². The van der Waals surface area contributed by atoms with E-state index in [1.165, 1.54) is 0 Å². The van der Waals surface area contributed by atoms with Gasteiger partial charge in [-0.2, -0.15) is 0 Å². The van der Waals surface area contributed by atoms with Crippen LogP contribution in [-0.4, -0.2) is 11.4 Å². The molecule has 0 fully saturated rings. The molecule has 36 valence electrons. The SMILES string of the molecule is C=CC(=O)[O-].O. The number of aliphatic carboxylic acids is 1. The summed E-state index contributed by atoms with van der Waals surface area (Å²) in [6.45, 7) is 2.90. The van der Waals surface area contributed by atoms with E-state index in [0.29, 0.717) is 0 Å². The van der Waals surface area contributed by atoms with Crippen LogP contribution in [0.2, 0.25) is 0 Å². The Kier molecular flexibility index (Phi) is 6.22. The fourth-order valence-corrected chi connectivity index (χ4v) is 0. The van der Waals surface area contributed by atoms with Gasteiger partial charge in [-0.15, -0.1) is 0 Å². The van der Waals surface area contributed by atoms with E-state index in [9.17, 15) is 0 Å². The van der Waals surface area contributed by atoms with Gasteiger partial charge in [0.05, 0.1) is 5.97 Å². The second-order valence-electron chi connectivity index (χ2n) is 0.523. The second-order valence-corrected chi connectivity index (χ2v) is 0.523. The van der Waals surface area contributed by atoms with Crippen molar-refractivity contribution in [1.29, 1.82) is 0 Å². The Bertz CT molecular complexity index is 57.1. The van der Waals surface area contributed by atoms with E-state index >= 15 is 0 Å². The molecule has 0 aliphatic carbocycles. The second kappa shape index (κ2) is 4.17. The average Bonchev–Trinajstić information content (AvgIpc) is 1.38. The van der Waals surface area contributed by atoms with E-state index in [-0.39, 0.29) is 5.48 Å². The van der Waals surface area contributed by atoms with Gasteiger partial charge in [-0.1, -0.05) is 6.58 Å².